The molecule has 3 heterocycles. The highest BCUT2D eigenvalue weighted by molar-refractivity contribution is 7.15. The number of rotatable bonds is 3. The van der Waals surface area contributed by atoms with E-state index in [4.69, 9.17) is 0 Å². The van der Waals surface area contributed by atoms with Crippen molar-refractivity contribution in [1.29, 1.82) is 0 Å². The molecule has 1 aliphatic heterocycles. The van der Waals surface area contributed by atoms with Crippen LogP contribution in [0.5, 0.6) is 0 Å². The van der Waals surface area contributed by atoms with Gasteiger partial charge in [-0.25, -0.2) is 9.38 Å². The van der Waals surface area contributed by atoms with Gasteiger partial charge in [-0.1, -0.05) is 53.8 Å². The number of thiazole rings is 1. The van der Waals surface area contributed by atoms with E-state index in [-0.39, 0.29) is 23.9 Å². The number of amides is 2. The molecule has 0 spiro atoms. The van der Waals surface area contributed by atoms with Crippen molar-refractivity contribution in [3.05, 3.63) is 98.3 Å². The molecule has 0 saturated carbocycles. The van der Waals surface area contributed by atoms with Crippen LogP contribution in [0.25, 0.3) is 21.6 Å². The number of anilines is 2. The molecular formula is C27H20N4O3S. The number of hydrogen-bond donors (Lipinski definition) is 1. The maximum Gasteiger partial charge on any atom is 0.275 e. The van der Waals surface area contributed by atoms with Crippen LogP contribution in [0.15, 0.2) is 71.5 Å². The number of nitrogens with zero attached hydrogens (tertiary/aromatic N) is 3. The first-order chi connectivity index (χ1) is 16.9. The van der Waals surface area contributed by atoms with Gasteiger partial charge in [0.15, 0.2) is 4.96 Å². The van der Waals surface area contributed by atoms with Crippen molar-refractivity contribution < 1.29 is 9.59 Å². The normalized spacial score (nSPS) is 14.7. The van der Waals surface area contributed by atoms with Gasteiger partial charge < -0.3 is 5.32 Å². The summed E-state index contributed by atoms with van der Waals surface area (Å²) in [4.78, 5) is 46.6. The maximum atomic E-state index is 13.6. The van der Waals surface area contributed by atoms with Crippen molar-refractivity contribution in [2.75, 3.05) is 16.8 Å². The molecule has 0 fully saturated rings. The predicted molar refractivity (Wildman–Crippen MR) is 138 cm³/mol. The zero-order valence-electron chi connectivity index (χ0n) is 19.0. The summed E-state index contributed by atoms with van der Waals surface area (Å²) in [5, 5.41) is 2.92. The Hall–Kier alpha value is -4.30. The molecule has 3 aromatic carbocycles. The third-order valence-electron chi connectivity index (χ3n) is 6.24. The molecule has 0 aliphatic carbocycles. The minimum absolute atomic E-state index is 0.160. The first-order valence-electron chi connectivity index (χ1n) is 11.1. The Morgan fingerprint density at radius 1 is 1.00 bits per heavy atom. The summed E-state index contributed by atoms with van der Waals surface area (Å²) < 4.78 is 1.88. The third-order valence-corrected chi connectivity index (χ3v) is 7.28. The summed E-state index contributed by atoms with van der Waals surface area (Å²) in [5.41, 5.74) is 5.41. The number of nitrogens with one attached hydrogen (secondary N) is 1. The van der Waals surface area contributed by atoms with E-state index in [1.807, 2.05) is 74.5 Å². The van der Waals surface area contributed by atoms with E-state index in [1.165, 1.54) is 16.2 Å². The van der Waals surface area contributed by atoms with Crippen molar-refractivity contribution in [3.8, 4) is 0 Å². The van der Waals surface area contributed by atoms with Gasteiger partial charge in [0.2, 0.25) is 5.91 Å². The molecule has 0 unspecified atom stereocenters. The molecule has 1 aliphatic rings. The van der Waals surface area contributed by atoms with Gasteiger partial charge in [-0.2, -0.15) is 0 Å². The number of imidazole rings is 1. The topological polar surface area (TPSA) is 83.8 Å². The van der Waals surface area contributed by atoms with E-state index in [2.05, 4.69) is 10.3 Å². The van der Waals surface area contributed by atoms with E-state index in [9.17, 15) is 14.4 Å². The summed E-state index contributed by atoms with van der Waals surface area (Å²) in [6.45, 7) is 3.72. The van der Waals surface area contributed by atoms with E-state index >= 15 is 0 Å². The largest absolute Gasteiger partial charge is 0.324 e. The number of fused-ring (bicyclic) bond motifs is 4. The zero-order chi connectivity index (χ0) is 24.3. The molecule has 5 aromatic rings. The molecule has 0 atom stereocenters. The van der Waals surface area contributed by atoms with Crippen LogP contribution < -0.4 is 20.3 Å². The minimum atomic E-state index is -0.367. The summed E-state index contributed by atoms with van der Waals surface area (Å²) in [6.07, 6.45) is 0. The first kappa shape index (κ1) is 21.2. The Labute approximate surface area is 203 Å². The lowest BCUT2D eigenvalue weighted by atomic mass is 10.1. The summed E-state index contributed by atoms with van der Waals surface area (Å²) >= 11 is 1.20. The average Bonchev–Trinajstić information content (AvgIpc) is 3.45. The molecular weight excluding hydrogens is 460 g/mol. The van der Waals surface area contributed by atoms with Crippen molar-refractivity contribution >= 4 is 56.1 Å². The monoisotopic (exact) mass is 480 g/mol. The van der Waals surface area contributed by atoms with E-state index in [1.54, 1.807) is 10.5 Å². The number of benzene rings is 3. The number of aromatic nitrogens is 2. The van der Waals surface area contributed by atoms with Gasteiger partial charge in [0.25, 0.3) is 11.5 Å². The smallest absolute Gasteiger partial charge is 0.275 e. The quantitative estimate of drug-likeness (QED) is 0.429. The molecule has 1 N–H and O–H groups in total. The lowest BCUT2D eigenvalue weighted by molar-refractivity contribution is -0.118. The molecule has 7 nitrogen and oxygen atoms in total. The number of para-hydroxylation sites is 3. The molecule has 0 saturated heterocycles. The minimum Gasteiger partial charge on any atom is -0.324 e. The van der Waals surface area contributed by atoms with Gasteiger partial charge in [-0.05, 0) is 49.2 Å². The molecule has 2 aromatic heterocycles. The summed E-state index contributed by atoms with van der Waals surface area (Å²) in [6, 6.07) is 20.5. The maximum absolute atomic E-state index is 13.6. The fourth-order valence-electron chi connectivity index (χ4n) is 4.52. The van der Waals surface area contributed by atoms with Crippen molar-refractivity contribution in [2.24, 2.45) is 0 Å². The Morgan fingerprint density at radius 3 is 2.63 bits per heavy atom. The Bertz CT molecular complexity index is 1800. The van der Waals surface area contributed by atoms with Crippen LogP contribution >= 0.6 is 11.3 Å². The van der Waals surface area contributed by atoms with Gasteiger partial charge in [-0.15, -0.1) is 0 Å². The van der Waals surface area contributed by atoms with Crippen molar-refractivity contribution in [1.82, 2.24) is 9.38 Å². The first-order valence-corrected chi connectivity index (χ1v) is 12.0. The van der Waals surface area contributed by atoms with Gasteiger partial charge in [0, 0.05) is 11.3 Å². The van der Waals surface area contributed by atoms with Crippen molar-refractivity contribution in [2.45, 2.75) is 13.8 Å². The van der Waals surface area contributed by atoms with Crippen molar-refractivity contribution in [3.63, 3.8) is 0 Å². The summed E-state index contributed by atoms with van der Waals surface area (Å²) in [7, 11) is 0. The number of carbonyl (C=O) groups is 2. The predicted octanol–water partition coefficient (Wildman–Crippen LogP) is 3.43. The van der Waals surface area contributed by atoms with Crippen LogP contribution in [0.4, 0.5) is 11.4 Å². The van der Waals surface area contributed by atoms with E-state index in [0.29, 0.717) is 37.5 Å². The average molecular weight is 481 g/mol. The molecule has 0 bridgehead atoms. The molecule has 6 rings (SSSR count). The van der Waals surface area contributed by atoms with Gasteiger partial charge >= 0.3 is 0 Å². The fourth-order valence-corrected chi connectivity index (χ4v) is 5.60. The van der Waals surface area contributed by atoms with Crippen LogP contribution in [0.3, 0.4) is 0 Å². The third kappa shape index (κ3) is 3.33. The van der Waals surface area contributed by atoms with Gasteiger partial charge in [0.1, 0.15) is 11.1 Å². The van der Waals surface area contributed by atoms with Crippen LogP contribution in [-0.4, -0.2) is 27.7 Å². The molecule has 172 valence electrons. The fraction of sp³-hybridized carbons (Fsp3) is 0.111. The number of aryl methyl sites for hydroxylation is 2. The highest BCUT2D eigenvalue weighted by Gasteiger charge is 2.35. The second kappa shape index (κ2) is 7.89. The lowest BCUT2D eigenvalue weighted by Crippen LogP contribution is -2.37. The van der Waals surface area contributed by atoms with Gasteiger partial charge in [0.05, 0.1) is 22.3 Å². The van der Waals surface area contributed by atoms with Crippen LogP contribution in [0, 0.1) is 13.8 Å². The molecule has 0 radical (unpaired) electrons. The molecule has 8 heteroatoms. The Balaban J connectivity index is 1.44. The molecule has 35 heavy (non-hydrogen) atoms. The summed E-state index contributed by atoms with van der Waals surface area (Å²) in [5.74, 6) is -0.675. The van der Waals surface area contributed by atoms with Crippen LogP contribution in [-0.2, 0) is 9.59 Å². The Kier molecular flexibility index (Phi) is 4.79. The Morgan fingerprint density at radius 2 is 1.77 bits per heavy atom. The van der Waals surface area contributed by atoms with Crippen LogP contribution in [0.2, 0.25) is 0 Å². The second-order valence-electron chi connectivity index (χ2n) is 8.60. The highest BCUT2D eigenvalue weighted by atomic mass is 32.1. The van der Waals surface area contributed by atoms with E-state index < -0.39 is 0 Å². The van der Waals surface area contributed by atoms with Gasteiger partial charge in [-0.3, -0.25) is 19.3 Å². The standard InChI is InChI=1S/C27H20N4O3S/c1-15-11-12-16(2)19(13-15)28-22(32)14-30-20-9-5-3-7-17(20)23(25(30)33)24-26(34)31-21-10-6-4-8-18(21)29-27(31)35-24/h3-13H,14H2,1-2H3,(H,28,32)/b24-23-. The zero-order valence-corrected chi connectivity index (χ0v) is 19.8. The van der Waals surface area contributed by atoms with Crippen LogP contribution in [0.1, 0.15) is 16.7 Å². The number of carbonyl (C=O) groups excluding carboxylic acids is 2. The highest BCUT2D eigenvalue weighted by Crippen LogP contribution is 2.35. The second-order valence-corrected chi connectivity index (χ2v) is 9.58. The van der Waals surface area contributed by atoms with E-state index in [0.717, 1.165) is 16.6 Å². The SMILES string of the molecule is Cc1ccc(C)c(NC(=O)CN2C(=O)/C(=c3\sc4nc5ccccc5n4c3=O)c3ccccc32)c1. The molecule has 2 amide bonds. The lowest BCUT2D eigenvalue weighted by Gasteiger charge is -2.17. The number of hydrogen-bond acceptors (Lipinski definition) is 5.